The van der Waals surface area contributed by atoms with Crippen molar-refractivity contribution in [2.24, 2.45) is 0 Å². The van der Waals surface area contributed by atoms with E-state index in [2.05, 4.69) is 5.32 Å². The van der Waals surface area contributed by atoms with Crippen molar-refractivity contribution in [1.82, 2.24) is 5.32 Å². The molecule has 1 saturated heterocycles. The zero-order chi connectivity index (χ0) is 12.3. The lowest BCUT2D eigenvalue weighted by atomic mass is 9.89. The van der Waals surface area contributed by atoms with E-state index < -0.39 is 6.43 Å². The Morgan fingerprint density at radius 1 is 1.41 bits per heavy atom. The molecule has 0 radical (unpaired) electrons. The Labute approximate surface area is 100.0 Å². The van der Waals surface area contributed by atoms with Gasteiger partial charge < -0.3 is 10.1 Å². The van der Waals surface area contributed by atoms with E-state index in [1.165, 1.54) is 13.2 Å². The normalized spacial score (nSPS) is 20.6. The van der Waals surface area contributed by atoms with Crippen molar-refractivity contribution in [3.05, 3.63) is 29.3 Å². The molecule has 17 heavy (non-hydrogen) atoms. The maximum atomic E-state index is 12.9. The first kappa shape index (κ1) is 12.3. The molecule has 1 aromatic rings. The molecular weight excluding hydrogens is 224 g/mol. The predicted octanol–water partition coefficient (Wildman–Crippen LogP) is 3.10. The molecular formula is C13H17F2NO. The molecule has 1 atom stereocenters. The number of alkyl halides is 2. The van der Waals surface area contributed by atoms with E-state index in [1.54, 1.807) is 6.07 Å². The smallest absolute Gasteiger partial charge is 0.267 e. The predicted molar refractivity (Wildman–Crippen MR) is 62.8 cm³/mol. The SMILES string of the molecule is COc1c(C(F)F)cccc1C1CCCNC1. The Morgan fingerprint density at radius 3 is 2.82 bits per heavy atom. The number of para-hydroxylation sites is 1. The van der Waals surface area contributed by atoms with E-state index in [1.807, 2.05) is 6.07 Å². The monoisotopic (exact) mass is 241 g/mol. The molecule has 2 nitrogen and oxygen atoms in total. The van der Waals surface area contributed by atoms with Crippen molar-refractivity contribution >= 4 is 0 Å². The molecule has 0 aromatic heterocycles. The lowest BCUT2D eigenvalue weighted by molar-refractivity contribution is 0.146. The van der Waals surface area contributed by atoms with Crippen LogP contribution in [0.5, 0.6) is 5.75 Å². The highest BCUT2D eigenvalue weighted by atomic mass is 19.3. The molecule has 0 aliphatic carbocycles. The van der Waals surface area contributed by atoms with Gasteiger partial charge in [0.2, 0.25) is 0 Å². The topological polar surface area (TPSA) is 21.3 Å². The number of hydrogen-bond donors (Lipinski definition) is 1. The quantitative estimate of drug-likeness (QED) is 0.878. The minimum atomic E-state index is -2.48. The number of benzene rings is 1. The Kier molecular flexibility index (Phi) is 3.94. The number of rotatable bonds is 3. The molecule has 0 spiro atoms. The molecule has 1 unspecified atom stereocenters. The minimum Gasteiger partial charge on any atom is -0.496 e. The summed E-state index contributed by atoms with van der Waals surface area (Å²) < 4.78 is 30.9. The van der Waals surface area contributed by atoms with Gasteiger partial charge >= 0.3 is 0 Å². The van der Waals surface area contributed by atoms with Gasteiger partial charge in [-0.2, -0.15) is 0 Å². The second kappa shape index (κ2) is 5.45. The van der Waals surface area contributed by atoms with Crippen LogP contribution in [0.4, 0.5) is 8.78 Å². The molecule has 94 valence electrons. The fourth-order valence-electron chi connectivity index (χ4n) is 2.42. The van der Waals surface area contributed by atoms with Gasteiger partial charge in [-0.15, -0.1) is 0 Å². The summed E-state index contributed by atoms with van der Waals surface area (Å²) >= 11 is 0. The van der Waals surface area contributed by atoms with Gasteiger partial charge in [-0.05, 0) is 31.0 Å². The first-order valence-corrected chi connectivity index (χ1v) is 5.89. The minimum absolute atomic E-state index is 0.00410. The summed E-state index contributed by atoms with van der Waals surface area (Å²) in [6, 6.07) is 5.01. The molecule has 1 aliphatic heterocycles. The van der Waals surface area contributed by atoms with E-state index in [0.29, 0.717) is 5.75 Å². The lowest BCUT2D eigenvalue weighted by Gasteiger charge is -2.25. The van der Waals surface area contributed by atoms with Gasteiger partial charge in [0, 0.05) is 12.5 Å². The van der Waals surface area contributed by atoms with Crippen LogP contribution in [0.2, 0.25) is 0 Å². The fraction of sp³-hybridized carbons (Fsp3) is 0.538. The molecule has 2 rings (SSSR count). The Morgan fingerprint density at radius 2 is 2.24 bits per heavy atom. The van der Waals surface area contributed by atoms with E-state index in [4.69, 9.17) is 4.74 Å². The molecule has 1 heterocycles. The van der Waals surface area contributed by atoms with Crippen molar-refractivity contribution < 1.29 is 13.5 Å². The van der Waals surface area contributed by atoms with Crippen LogP contribution in [0.15, 0.2) is 18.2 Å². The van der Waals surface area contributed by atoms with E-state index in [9.17, 15) is 8.78 Å². The third-order valence-electron chi connectivity index (χ3n) is 3.25. The van der Waals surface area contributed by atoms with Crippen molar-refractivity contribution in [3.63, 3.8) is 0 Å². The van der Waals surface area contributed by atoms with Crippen LogP contribution in [0.1, 0.15) is 36.3 Å². The van der Waals surface area contributed by atoms with Gasteiger partial charge in [0.15, 0.2) is 0 Å². The first-order chi connectivity index (χ1) is 8.24. The standard InChI is InChI=1S/C13H17F2NO/c1-17-12-10(9-4-3-7-16-8-9)5-2-6-11(12)13(14)15/h2,5-6,9,13,16H,3-4,7-8H2,1H3. The maximum absolute atomic E-state index is 12.9. The summed E-state index contributed by atoms with van der Waals surface area (Å²) in [6.07, 6.45) is -0.385. The number of piperidine rings is 1. The van der Waals surface area contributed by atoms with Crippen LogP contribution >= 0.6 is 0 Å². The average Bonchev–Trinajstić information content (AvgIpc) is 2.38. The summed E-state index contributed by atoms with van der Waals surface area (Å²) in [5, 5.41) is 3.29. The van der Waals surface area contributed by atoms with Gasteiger partial charge in [-0.25, -0.2) is 8.78 Å². The third kappa shape index (κ3) is 2.57. The summed E-state index contributed by atoms with van der Waals surface area (Å²) in [5.41, 5.74) is 0.896. The van der Waals surface area contributed by atoms with Crippen LogP contribution in [-0.4, -0.2) is 20.2 Å². The highest BCUT2D eigenvalue weighted by Gasteiger charge is 2.23. The average molecular weight is 241 g/mol. The van der Waals surface area contributed by atoms with E-state index in [0.717, 1.165) is 31.5 Å². The van der Waals surface area contributed by atoms with Crippen LogP contribution in [0, 0.1) is 0 Å². The molecule has 1 N–H and O–H groups in total. The second-order valence-electron chi connectivity index (χ2n) is 4.31. The van der Waals surface area contributed by atoms with Crippen LogP contribution in [-0.2, 0) is 0 Å². The van der Waals surface area contributed by atoms with Crippen molar-refractivity contribution in [1.29, 1.82) is 0 Å². The van der Waals surface area contributed by atoms with Crippen molar-refractivity contribution in [3.8, 4) is 5.75 Å². The Balaban J connectivity index is 2.35. The molecule has 4 heteroatoms. The maximum Gasteiger partial charge on any atom is 0.267 e. The molecule has 0 amide bonds. The van der Waals surface area contributed by atoms with Crippen LogP contribution in [0.25, 0.3) is 0 Å². The summed E-state index contributed by atoms with van der Waals surface area (Å²) in [6.45, 7) is 1.84. The summed E-state index contributed by atoms with van der Waals surface area (Å²) in [5.74, 6) is 0.633. The van der Waals surface area contributed by atoms with Crippen molar-refractivity contribution in [2.45, 2.75) is 25.2 Å². The zero-order valence-corrected chi connectivity index (χ0v) is 9.88. The lowest BCUT2D eigenvalue weighted by Crippen LogP contribution is -2.28. The van der Waals surface area contributed by atoms with Gasteiger partial charge in [0.1, 0.15) is 5.75 Å². The fourth-order valence-corrected chi connectivity index (χ4v) is 2.42. The van der Waals surface area contributed by atoms with Crippen molar-refractivity contribution in [2.75, 3.05) is 20.2 Å². The van der Waals surface area contributed by atoms with Crippen LogP contribution < -0.4 is 10.1 Å². The molecule has 0 bridgehead atoms. The second-order valence-corrected chi connectivity index (χ2v) is 4.31. The highest BCUT2D eigenvalue weighted by molar-refractivity contribution is 5.44. The highest BCUT2D eigenvalue weighted by Crippen LogP contribution is 2.37. The first-order valence-electron chi connectivity index (χ1n) is 5.89. The number of hydrogen-bond acceptors (Lipinski definition) is 2. The molecule has 1 aromatic carbocycles. The van der Waals surface area contributed by atoms with E-state index in [-0.39, 0.29) is 11.5 Å². The van der Waals surface area contributed by atoms with Gasteiger partial charge in [-0.3, -0.25) is 0 Å². The number of methoxy groups -OCH3 is 1. The number of ether oxygens (including phenoxy) is 1. The van der Waals surface area contributed by atoms with Crippen LogP contribution in [0.3, 0.4) is 0 Å². The third-order valence-corrected chi connectivity index (χ3v) is 3.25. The number of halogens is 2. The molecule has 1 aliphatic rings. The summed E-state index contributed by atoms with van der Waals surface area (Å²) in [4.78, 5) is 0. The summed E-state index contributed by atoms with van der Waals surface area (Å²) in [7, 11) is 1.46. The molecule has 1 fully saturated rings. The molecule has 0 saturated carbocycles. The van der Waals surface area contributed by atoms with Gasteiger partial charge in [-0.1, -0.05) is 12.1 Å². The Bertz CT molecular complexity index is 376. The zero-order valence-electron chi connectivity index (χ0n) is 9.88. The van der Waals surface area contributed by atoms with Gasteiger partial charge in [0.25, 0.3) is 6.43 Å². The van der Waals surface area contributed by atoms with Gasteiger partial charge in [0.05, 0.1) is 12.7 Å². The largest absolute Gasteiger partial charge is 0.496 e. The Hall–Kier alpha value is -1.16. The number of nitrogens with one attached hydrogen (secondary N) is 1. The van der Waals surface area contributed by atoms with E-state index >= 15 is 0 Å².